The van der Waals surface area contributed by atoms with Crippen LogP contribution < -0.4 is 10.5 Å². The Hall–Kier alpha value is -3.38. The molecule has 1 N–H and O–H groups in total. The van der Waals surface area contributed by atoms with E-state index >= 15 is 0 Å². The van der Waals surface area contributed by atoms with Crippen LogP contribution in [0, 0.1) is 17.2 Å². The van der Waals surface area contributed by atoms with Crippen molar-refractivity contribution in [2.45, 2.75) is 31.8 Å². The number of halogens is 1. The number of aromatic nitrogens is 6. The molecule has 6 rings (SSSR count). The molecule has 1 saturated carbocycles. The van der Waals surface area contributed by atoms with Crippen LogP contribution in [0.25, 0.3) is 16.6 Å². The highest BCUT2D eigenvalue weighted by Crippen LogP contribution is 2.40. The largest absolute Gasteiger partial charge is 0.345 e. The minimum Gasteiger partial charge on any atom is -0.345 e. The number of aromatic amines is 1. The quantitative estimate of drug-likeness (QED) is 0.543. The van der Waals surface area contributed by atoms with Crippen molar-refractivity contribution < 1.29 is 0 Å². The van der Waals surface area contributed by atoms with E-state index in [0.29, 0.717) is 51.2 Å². The van der Waals surface area contributed by atoms with E-state index in [1.807, 2.05) is 0 Å². The Labute approximate surface area is 175 Å². The summed E-state index contributed by atoms with van der Waals surface area (Å²) in [4.78, 5) is 27.1. The Morgan fingerprint density at radius 3 is 2.90 bits per heavy atom. The van der Waals surface area contributed by atoms with Crippen molar-refractivity contribution >= 4 is 34.0 Å². The Balaban J connectivity index is 1.51. The standard InChI is InChI=1S/C20H17ClN8O/c21-13-3-6-29-16(13)20(30)28(9-11-1-2-11)18(26-29)14-4-5-27(14)19-15-12(7-22)8-23-17(15)24-10-25-19/h3,6,8,10-11,14H,1-2,4-5,9H2,(H,23,24,25). The minimum atomic E-state index is -0.110. The van der Waals surface area contributed by atoms with Gasteiger partial charge in [0.1, 0.15) is 29.4 Å². The third-order valence-corrected chi connectivity index (χ3v) is 6.35. The van der Waals surface area contributed by atoms with E-state index in [9.17, 15) is 10.1 Å². The lowest BCUT2D eigenvalue weighted by atomic mass is 10.0. The van der Waals surface area contributed by atoms with Crippen molar-refractivity contribution in [3.05, 3.63) is 51.6 Å². The van der Waals surface area contributed by atoms with Gasteiger partial charge in [0, 0.05) is 25.5 Å². The molecule has 2 fully saturated rings. The zero-order chi connectivity index (χ0) is 20.4. The summed E-state index contributed by atoms with van der Waals surface area (Å²) in [6.45, 7) is 1.41. The fraction of sp³-hybridized carbons (Fsp3) is 0.350. The third kappa shape index (κ3) is 2.47. The second kappa shape index (κ2) is 6.31. The molecule has 10 heteroatoms. The first-order chi connectivity index (χ1) is 14.7. The molecule has 1 aliphatic heterocycles. The predicted molar refractivity (Wildman–Crippen MR) is 110 cm³/mol. The van der Waals surface area contributed by atoms with Gasteiger partial charge < -0.3 is 9.88 Å². The number of nitriles is 1. The Morgan fingerprint density at radius 2 is 2.17 bits per heavy atom. The topological polar surface area (TPSA) is 108 Å². The first-order valence-electron chi connectivity index (χ1n) is 9.92. The normalized spacial score (nSPS) is 18.7. The van der Waals surface area contributed by atoms with E-state index < -0.39 is 0 Å². The maximum absolute atomic E-state index is 13.3. The number of hydrogen-bond donors (Lipinski definition) is 1. The molecule has 4 aromatic rings. The van der Waals surface area contributed by atoms with Gasteiger partial charge in [-0.15, -0.1) is 0 Å². The average Bonchev–Trinajstić information content (AvgIpc) is 3.31. The fourth-order valence-electron chi connectivity index (χ4n) is 4.22. The van der Waals surface area contributed by atoms with Gasteiger partial charge in [0.15, 0.2) is 5.82 Å². The SMILES string of the molecule is N#Cc1c[nH]c2ncnc(N3CCC3c3nn4ccc(Cl)c4c(=O)n3CC3CC3)c12. The monoisotopic (exact) mass is 420 g/mol. The second-order valence-corrected chi connectivity index (χ2v) is 8.31. The summed E-state index contributed by atoms with van der Waals surface area (Å²) < 4.78 is 3.36. The van der Waals surface area contributed by atoms with Gasteiger partial charge in [0.25, 0.3) is 5.56 Å². The molecule has 1 atom stereocenters. The lowest BCUT2D eigenvalue weighted by molar-refractivity contribution is 0.399. The molecule has 0 bridgehead atoms. The van der Waals surface area contributed by atoms with E-state index in [-0.39, 0.29) is 11.6 Å². The van der Waals surface area contributed by atoms with Crippen LogP contribution in [0.2, 0.25) is 5.02 Å². The summed E-state index contributed by atoms with van der Waals surface area (Å²) in [7, 11) is 0. The van der Waals surface area contributed by atoms with Crippen LogP contribution in [0.3, 0.4) is 0 Å². The van der Waals surface area contributed by atoms with Gasteiger partial charge in [0.2, 0.25) is 0 Å². The Bertz CT molecular complexity index is 1410. The number of anilines is 1. The molecule has 150 valence electrons. The van der Waals surface area contributed by atoms with Crippen molar-refractivity contribution in [1.82, 2.24) is 29.1 Å². The van der Waals surface area contributed by atoms with Crippen LogP contribution in [-0.4, -0.2) is 35.7 Å². The van der Waals surface area contributed by atoms with Crippen LogP contribution >= 0.6 is 11.6 Å². The van der Waals surface area contributed by atoms with Gasteiger partial charge in [-0.1, -0.05) is 11.6 Å². The lowest BCUT2D eigenvalue weighted by Gasteiger charge is -2.42. The number of hydrogen-bond acceptors (Lipinski definition) is 6. The van der Waals surface area contributed by atoms with E-state index in [4.69, 9.17) is 16.7 Å². The number of fused-ring (bicyclic) bond motifs is 2. The van der Waals surface area contributed by atoms with E-state index in [2.05, 4.69) is 25.9 Å². The summed E-state index contributed by atoms with van der Waals surface area (Å²) in [6.07, 6.45) is 7.95. The number of nitrogens with zero attached hydrogens (tertiary/aromatic N) is 7. The van der Waals surface area contributed by atoms with Crippen molar-refractivity contribution in [3.8, 4) is 6.07 Å². The molecule has 0 spiro atoms. The minimum absolute atomic E-state index is 0.110. The highest BCUT2D eigenvalue weighted by atomic mass is 35.5. The molecule has 30 heavy (non-hydrogen) atoms. The van der Waals surface area contributed by atoms with Gasteiger partial charge in [-0.05, 0) is 31.2 Å². The third-order valence-electron chi connectivity index (χ3n) is 6.05. The maximum atomic E-state index is 13.3. The molecule has 0 amide bonds. The van der Waals surface area contributed by atoms with Gasteiger partial charge in [-0.3, -0.25) is 9.36 Å². The fourth-order valence-corrected chi connectivity index (χ4v) is 4.45. The molecular formula is C20H17ClN8O. The predicted octanol–water partition coefficient (Wildman–Crippen LogP) is 2.65. The average molecular weight is 421 g/mol. The molecule has 5 heterocycles. The molecule has 4 aromatic heterocycles. The van der Waals surface area contributed by atoms with Gasteiger partial charge in [0.05, 0.1) is 22.0 Å². The van der Waals surface area contributed by atoms with Crippen LogP contribution in [0.4, 0.5) is 5.82 Å². The molecular weight excluding hydrogens is 404 g/mol. The van der Waals surface area contributed by atoms with Crippen LogP contribution in [0.15, 0.2) is 29.6 Å². The first-order valence-corrected chi connectivity index (χ1v) is 10.3. The van der Waals surface area contributed by atoms with Crippen LogP contribution in [-0.2, 0) is 6.54 Å². The van der Waals surface area contributed by atoms with Gasteiger partial charge in [-0.25, -0.2) is 14.5 Å². The van der Waals surface area contributed by atoms with Crippen LogP contribution in [0.1, 0.15) is 36.7 Å². The highest BCUT2D eigenvalue weighted by molar-refractivity contribution is 6.33. The summed E-state index contributed by atoms with van der Waals surface area (Å²) in [5.74, 6) is 1.90. The summed E-state index contributed by atoms with van der Waals surface area (Å²) in [5.41, 5.74) is 1.43. The van der Waals surface area contributed by atoms with Crippen molar-refractivity contribution in [2.75, 3.05) is 11.4 Å². The number of nitrogens with one attached hydrogen (secondary N) is 1. The number of H-pyrrole nitrogens is 1. The summed E-state index contributed by atoms with van der Waals surface area (Å²) in [6, 6.07) is 3.79. The van der Waals surface area contributed by atoms with Crippen molar-refractivity contribution in [3.63, 3.8) is 0 Å². The van der Waals surface area contributed by atoms with Gasteiger partial charge >= 0.3 is 0 Å². The molecule has 1 unspecified atom stereocenters. The van der Waals surface area contributed by atoms with Crippen LogP contribution in [0.5, 0.6) is 0 Å². The molecule has 2 aliphatic rings. The Morgan fingerprint density at radius 1 is 1.30 bits per heavy atom. The van der Waals surface area contributed by atoms with E-state index in [0.717, 1.165) is 25.8 Å². The first kappa shape index (κ1) is 17.5. The molecule has 1 saturated heterocycles. The van der Waals surface area contributed by atoms with Crippen molar-refractivity contribution in [2.24, 2.45) is 5.92 Å². The van der Waals surface area contributed by atoms with Gasteiger partial charge in [-0.2, -0.15) is 10.4 Å². The summed E-state index contributed by atoms with van der Waals surface area (Å²) in [5, 5.41) is 15.4. The number of rotatable bonds is 4. The maximum Gasteiger partial charge on any atom is 0.279 e. The van der Waals surface area contributed by atoms with E-state index in [1.165, 1.54) is 6.33 Å². The van der Waals surface area contributed by atoms with E-state index in [1.54, 1.807) is 27.5 Å². The Kier molecular flexibility index (Phi) is 3.67. The zero-order valence-electron chi connectivity index (χ0n) is 15.9. The molecule has 0 radical (unpaired) electrons. The molecule has 0 aromatic carbocycles. The lowest BCUT2D eigenvalue weighted by Crippen LogP contribution is -2.45. The smallest absolute Gasteiger partial charge is 0.279 e. The van der Waals surface area contributed by atoms with Crippen molar-refractivity contribution in [1.29, 1.82) is 5.26 Å². The molecule has 9 nitrogen and oxygen atoms in total. The summed E-state index contributed by atoms with van der Waals surface area (Å²) >= 11 is 6.26. The molecule has 1 aliphatic carbocycles. The zero-order valence-corrected chi connectivity index (χ0v) is 16.7. The second-order valence-electron chi connectivity index (χ2n) is 7.91. The highest BCUT2D eigenvalue weighted by Gasteiger charge is 2.37.